The predicted molar refractivity (Wildman–Crippen MR) is 179 cm³/mol. The summed E-state index contributed by atoms with van der Waals surface area (Å²) in [6.07, 6.45) is 0.721. The Morgan fingerprint density at radius 2 is 1.48 bits per heavy atom. The molecule has 226 valence electrons. The number of ether oxygens (including phenoxy) is 2. The zero-order chi connectivity index (χ0) is 31.5. The lowest BCUT2D eigenvalue weighted by Gasteiger charge is -2.21. The minimum Gasteiger partial charge on any atom is -0.494 e. The smallest absolute Gasteiger partial charge is 0.259 e. The van der Waals surface area contributed by atoms with Crippen molar-refractivity contribution < 1.29 is 23.9 Å². The normalized spacial score (nSPS) is 12.1. The summed E-state index contributed by atoms with van der Waals surface area (Å²) in [6, 6.07) is 18.8. The number of hydrogen-bond acceptors (Lipinski definition) is 7. The second kappa shape index (κ2) is 13.9. The van der Waals surface area contributed by atoms with Crippen molar-refractivity contribution in [2.24, 2.45) is 0 Å². The van der Waals surface area contributed by atoms with Crippen LogP contribution in [-0.4, -0.2) is 37.5 Å². The molecule has 0 bridgehead atoms. The van der Waals surface area contributed by atoms with Gasteiger partial charge in [-0.15, -0.1) is 11.8 Å². The number of carbonyl (C=O) groups excluding carboxylic acids is 3. The molecule has 1 aliphatic heterocycles. The van der Waals surface area contributed by atoms with E-state index in [2.05, 4.69) is 0 Å². The van der Waals surface area contributed by atoms with E-state index >= 15 is 0 Å². The Balaban J connectivity index is 1.35. The summed E-state index contributed by atoms with van der Waals surface area (Å²) in [5, 5.41) is 0.636. The molecule has 1 aliphatic rings. The van der Waals surface area contributed by atoms with E-state index in [9.17, 15) is 14.4 Å². The maximum absolute atomic E-state index is 13.4. The lowest BCUT2D eigenvalue weighted by atomic mass is 10.1. The van der Waals surface area contributed by atoms with Gasteiger partial charge in [0.05, 0.1) is 58.1 Å². The topological polar surface area (TPSA) is 76.2 Å². The minimum absolute atomic E-state index is 0.220. The predicted octanol–water partition coefficient (Wildman–Crippen LogP) is 9.12. The molecule has 0 N–H and O–H groups in total. The first-order valence-electron chi connectivity index (χ1n) is 12.8. The van der Waals surface area contributed by atoms with E-state index < -0.39 is 0 Å². The van der Waals surface area contributed by atoms with E-state index in [-0.39, 0.29) is 43.4 Å². The molecule has 1 heterocycles. The molecule has 4 aromatic carbocycles. The van der Waals surface area contributed by atoms with Crippen LogP contribution in [0.1, 0.15) is 26.3 Å². The van der Waals surface area contributed by atoms with Crippen LogP contribution in [0, 0.1) is 0 Å². The zero-order valence-electron chi connectivity index (χ0n) is 23.1. The van der Waals surface area contributed by atoms with Crippen LogP contribution in [0.2, 0.25) is 20.1 Å². The molecule has 5 rings (SSSR count). The number of rotatable bonds is 9. The monoisotopic (exact) mass is 706 g/mol. The second-order valence-electron chi connectivity index (χ2n) is 9.35. The molecule has 0 radical (unpaired) electrons. The molecule has 7 nitrogen and oxygen atoms in total. The Morgan fingerprint density at radius 1 is 0.886 bits per heavy atom. The number of hydrogen-bond donors (Lipinski definition) is 0. The number of halogens is 4. The van der Waals surface area contributed by atoms with E-state index in [0.29, 0.717) is 33.3 Å². The number of fused-ring (bicyclic) bond motifs is 1. The van der Waals surface area contributed by atoms with Crippen LogP contribution in [0.15, 0.2) is 76.5 Å². The first-order chi connectivity index (χ1) is 21.1. The van der Waals surface area contributed by atoms with Crippen molar-refractivity contribution >= 4 is 98.7 Å². The Hall–Kier alpha value is -3.05. The lowest BCUT2D eigenvalue weighted by Crippen LogP contribution is -2.28. The highest BCUT2D eigenvalue weighted by atomic mass is 35.5. The molecule has 44 heavy (non-hydrogen) atoms. The minimum atomic E-state index is -0.298. The highest BCUT2D eigenvalue weighted by Gasteiger charge is 2.28. The number of carbonyl (C=O) groups is 3. The van der Waals surface area contributed by atoms with E-state index in [4.69, 9.17) is 55.9 Å². The van der Waals surface area contributed by atoms with Crippen LogP contribution in [0.25, 0.3) is 0 Å². The number of anilines is 2. The highest BCUT2D eigenvalue weighted by molar-refractivity contribution is 8.14. The lowest BCUT2D eigenvalue weighted by molar-refractivity contribution is -0.107. The average Bonchev–Trinajstić information content (AvgIpc) is 3.43. The third-order valence-electron chi connectivity index (χ3n) is 6.65. The van der Waals surface area contributed by atoms with Crippen molar-refractivity contribution in [2.45, 2.75) is 16.3 Å². The first kappa shape index (κ1) is 32.3. The molecular formula is C31H22Cl4N2O5S2. The van der Waals surface area contributed by atoms with Gasteiger partial charge in [-0.3, -0.25) is 19.3 Å². The molecule has 0 spiro atoms. The maximum Gasteiger partial charge on any atom is 0.259 e. The zero-order valence-corrected chi connectivity index (χ0v) is 27.8. The summed E-state index contributed by atoms with van der Waals surface area (Å²) in [6.45, 7) is 0.237. The molecule has 0 fully saturated rings. The van der Waals surface area contributed by atoms with Gasteiger partial charge in [-0.2, -0.15) is 0 Å². The number of benzene rings is 4. The third-order valence-corrected chi connectivity index (χ3v) is 9.79. The van der Waals surface area contributed by atoms with Gasteiger partial charge in [0.1, 0.15) is 0 Å². The largest absolute Gasteiger partial charge is 0.494 e. The van der Waals surface area contributed by atoms with Crippen molar-refractivity contribution in [3.8, 4) is 11.5 Å². The van der Waals surface area contributed by atoms with Crippen LogP contribution >= 0.6 is 69.9 Å². The SMILES string of the molecule is COc1c(Cl)cc(C(=O)Sc2ccccc2N(C=O)Cc2ccc3c(c2)SCN3C(=O)c2cc(Cl)c(OC)c(Cl)c2)cc1Cl. The fraction of sp³-hybridized carbons (Fsp3) is 0.129. The Labute approximate surface area is 282 Å². The van der Waals surface area contributed by atoms with Gasteiger partial charge in [-0.1, -0.05) is 64.6 Å². The summed E-state index contributed by atoms with van der Waals surface area (Å²) in [5.74, 6) is 0.748. The van der Waals surface area contributed by atoms with Crippen LogP contribution in [0.5, 0.6) is 11.5 Å². The van der Waals surface area contributed by atoms with Gasteiger partial charge < -0.3 is 14.4 Å². The molecule has 0 aliphatic carbocycles. The van der Waals surface area contributed by atoms with Crippen molar-refractivity contribution in [1.82, 2.24) is 0 Å². The van der Waals surface area contributed by atoms with Gasteiger partial charge in [-0.25, -0.2) is 0 Å². The number of amides is 2. The quantitative estimate of drug-likeness (QED) is 0.127. The van der Waals surface area contributed by atoms with E-state index in [1.165, 1.54) is 55.1 Å². The molecule has 4 aromatic rings. The Morgan fingerprint density at radius 3 is 2.07 bits per heavy atom. The summed E-state index contributed by atoms with van der Waals surface area (Å²) in [4.78, 5) is 43.5. The van der Waals surface area contributed by atoms with Crippen LogP contribution in [0.4, 0.5) is 11.4 Å². The first-order valence-corrected chi connectivity index (χ1v) is 16.1. The molecule has 0 aromatic heterocycles. The van der Waals surface area contributed by atoms with E-state index in [1.807, 2.05) is 18.2 Å². The highest BCUT2D eigenvalue weighted by Crippen LogP contribution is 2.42. The van der Waals surface area contributed by atoms with Gasteiger partial charge in [0, 0.05) is 20.9 Å². The number of nitrogens with zero attached hydrogens (tertiary/aromatic N) is 2. The summed E-state index contributed by atoms with van der Waals surface area (Å²) in [5.41, 5.74) is 2.78. The maximum atomic E-state index is 13.4. The Kier molecular flexibility index (Phi) is 10.2. The van der Waals surface area contributed by atoms with Crippen LogP contribution in [0.3, 0.4) is 0 Å². The Bertz CT molecular complexity index is 1740. The summed E-state index contributed by atoms with van der Waals surface area (Å²) in [7, 11) is 2.90. The van der Waals surface area contributed by atoms with Crippen molar-refractivity contribution in [2.75, 3.05) is 29.9 Å². The third kappa shape index (κ3) is 6.63. The van der Waals surface area contributed by atoms with Crippen LogP contribution in [-0.2, 0) is 11.3 Å². The number of thioether (sulfide) groups is 2. The van der Waals surface area contributed by atoms with Gasteiger partial charge in [-0.05, 0) is 65.9 Å². The van der Waals surface area contributed by atoms with Crippen molar-refractivity contribution in [3.63, 3.8) is 0 Å². The van der Waals surface area contributed by atoms with Gasteiger partial charge >= 0.3 is 0 Å². The standard InChI is InChI=1S/C31H22Cl4N2O5S2/c1-41-28-20(32)10-18(11-21(28)33)30(39)37-16-43-27-9-17(7-8-25(27)37)14-36(15-38)24-5-3-4-6-26(24)44-31(40)19-12-22(34)29(42-2)23(35)13-19/h3-13,15H,14,16H2,1-2H3. The summed E-state index contributed by atoms with van der Waals surface area (Å²) < 4.78 is 10.4. The van der Waals surface area contributed by atoms with Gasteiger partial charge in [0.15, 0.2) is 11.5 Å². The second-order valence-corrected chi connectivity index (χ2v) is 13.0. The molecule has 0 saturated carbocycles. The number of para-hydroxylation sites is 1. The molecule has 2 amide bonds. The van der Waals surface area contributed by atoms with E-state index in [1.54, 1.807) is 29.2 Å². The average molecular weight is 708 g/mol. The molecule has 13 heteroatoms. The fourth-order valence-electron chi connectivity index (χ4n) is 4.59. The molecule has 0 atom stereocenters. The molecule has 0 saturated heterocycles. The van der Waals surface area contributed by atoms with Crippen LogP contribution < -0.4 is 19.3 Å². The van der Waals surface area contributed by atoms with Gasteiger partial charge in [0.25, 0.3) is 5.91 Å². The molecule has 0 unspecified atom stereocenters. The van der Waals surface area contributed by atoms with Crippen molar-refractivity contribution in [3.05, 3.63) is 104 Å². The fourth-order valence-corrected chi connectivity index (χ4v) is 7.83. The van der Waals surface area contributed by atoms with E-state index in [0.717, 1.165) is 34.3 Å². The van der Waals surface area contributed by atoms with Crippen molar-refractivity contribution in [1.29, 1.82) is 0 Å². The molecular weight excluding hydrogens is 686 g/mol. The van der Waals surface area contributed by atoms with Gasteiger partial charge in [0.2, 0.25) is 11.5 Å². The summed E-state index contributed by atoms with van der Waals surface area (Å²) >= 11 is 27.4. The number of methoxy groups -OCH3 is 2.